The van der Waals surface area contributed by atoms with Crippen molar-refractivity contribution in [3.05, 3.63) is 16.1 Å². The summed E-state index contributed by atoms with van der Waals surface area (Å²) in [5, 5.41) is 3.30. The van der Waals surface area contributed by atoms with Crippen molar-refractivity contribution >= 4 is 17.2 Å². The third-order valence-corrected chi connectivity index (χ3v) is 5.64. The van der Waals surface area contributed by atoms with Gasteiger partial charge in [0.1, 0.15) is 5.01 Å². The Bertz CT molecular complexity index is 474. The van der Waals surface area contributed by atoms with E-state index in [4.69, 9.17) is 0 Å². The summed E-state index contributed by atoms with van der Waals surface area (Å²) in [5.74, 6) is 1.04. The molecule has 0 atom stereocenters. The van der Waals surface area contributed by atoms with Gasteiger partial charge in [-0.05, 0) is 25.7 Å². The molecule has 0 aromatic carbocycles. The summed E-state index contributed by atoms with van der Waals surface area (Å²) in [6.07, 6.45) is 5.94. The minimum Gasteiger partial charge on any atom is -0.340 e. The fourth-order valence-electron chi connectivity index (χ4n) is 3.41. The summed E-state index contributed by atoms with van der Waals surface area (Å²) >= 11 is 1.74. The van der Waals surface area contributed by atoms with Crippen molar-refractivity contribution in [3.8, 4) is 0 Å². The Labute approximate surface area is 131 Å². The first-order chi connectivity index (χ1) is 10.2. The number of carbonyl (C=O) groups is 1. The lowest BCUT2D eigenvalue weighted by atomic mass is 10.0. The number of nitrogens with zero attached hydrogens (tertiary/aromatic N) is 3. The van der Waals surface area contributed by atoms with Crippen LogP contribution in [0.4, 0.5) is 0 Å². The second-order valence-corrected chi connectivity index (χ2v) is 7.34. The van der Waals surface area contributed by atoms with Gasteiger partial charge in [-0.2, -0.15) is 0 Å². The Kier molecular flexibility index (Phi) is 4.91. The molecule has 1 amide bonds. The Balaban J connectivity index is 1.42. The maximum absolute atomic E-state index is 12.3. The third-order valence-electron chi connectivity index (χ3n) is 4.69. The predicted molar refractivity (Wildman–Crippen MR) is 85.3 cm³/mol. The van der Waals surface area contributed by atoms with E-state index in [-0.39, 0.29) is 0 Å². The number of piperazine rings is 1. The van der Waals surface area contributed by atoms with Crippen molar-refractivity contribution in [2.24, 2.45) is 5.92 Å². The van der Waals surface area contributed by atoms with Gasteiger partial charge in [0.25, 0.3) is 0 Å². The van der Waals surface area contributed by atoms with Crippen molar-refractivity contribution in [1.82, 2.24) is 14.8 Å². The van der Waals surface area contributed by atoms with E-state index in [1.807, 2.05) is 6.92 Å². The molecule has 1 aliphatic carbocycles. The molecule has 4 nitrogen and oxygen atoms in total. The molecule has 1 saturated carbocycles. The molecule has 1 aromatic rings. The van der Waals surface area contributed by atoms with Crippen molar-refractivity contribution < 1.29 is 4.79 Å². The molecule has 1 aromatic heterocycles. The summed E-state index contributed by atoms with van der Waals surface area (Å²) < 4.78 is 0. The number of carbonyl (C=O) groups excluding carboxylic acids is 1. The van der Waals surface area contributed by atoms with Crippen LogP contribution in [0.15, 0.2) is 5.38 Å². The summed E-state index contributed by atoms with van der Waals surface area (Å²) in [7, 11) is 0. The molecule has 2 fully saturated rings. The van der Waals surface area contributed by atoms with Crippen LogP contribution in [-0.4, -0.2) is 46.9 Å². The molecular weight excluding hydrogens is 282 g/mol. The van der Waals surface area contributed by atoms with Gasteiger partial charge in [0.2, 0.25) is 5.91 Å². The number of aryl methyl sites for hydroxylation is 1. The highest BCUT2D eigenvalue weighted by Gasteiger charge is 2.25. The minimum absolute atomic E-state index is 0.381. The standard InChI is InChI=1S/C16H25N3OS/c1-13-12-21-15(17-13)11-18-6-8-19(9-7-18)16(20)10-14-4-2-3-5-14/h12,14H,2-11H2,1H3. The van der Waals surface area contributed by atoms with E-state index < -0.39 is 0 Å². The van der Waals surface area contributed by atoms with Gasteiger partial charge >= 0.3 is 0 Å². The average molecular weight is 307 g/mol. The number of hydrogen-bond acceptors (Lipinski definition) is 4. The second kappa shape index (κ2) is 6.88. The normalized spacial score (nSPS) is 21.1. The van der Waals surface area contributed by atoms with Crippen molar-refractivity contribution in [2.45, 2.75) is 45.6 Å². The first-order valence-corrected chi connectivity index (χ1v) is 9.00. The summed E-state index contributed by atoms with van der Waals surface area (Å²) in [6.45, 7) is 6.71. The van der Waals surface area contributed by atoms with E-state index in [9.17, 15) is 4.79 Å². The first-order valence-electron chi connectivity index (χ1n) is 8.12. The molecule has 116 valence electrons. The van der Waals surface area contributed by atoms with Gasteiger partial charge in [0, 0.05) is 43.7 Å². The second-order valence-electron chi connectivity index (χ2n) is 6.39. The van der Waals surface area contributed by atoms with Crippen LogP contribution in [0, 0.1) is 12.8 Å². The van der Waals surface area contributed by atoms with E-state index in [1.165, 1.54) is 30.7 Å². The molecule has 2 aliphatic rings. The minimum atomic E-state index is 0.381. The van der Waals surface area contributed by atoms with Gasteiger partial charge in [-0.25, -0.2) is 4.98 Å². The third kappa shape index (κ3) is 4.04. The van der Waals surface area contributed by atoms with Gasteiger partial charge in [-0.3, -0.25) is 9.69 Å². The lowest BCUT2D eigenvalue weighted by molar-refractivity contribution is -0.134. The van der Waals surface area contributed by atoms with E-state index >= 15 is 0 Å². The monoisotopic (exact) mass is 307 g/mol. The SMILES string of the molecule is Cc1csc(CN2CCN(C(=O)CC3CCCC3)CC2)n1. The van der Waals surface area contributed by atoms with E-state index in [2.05, 4.69) is 20.2 Å². The number of rotatable bonds is 4. The fourth-order valence-corrected chi connectivity index (χ4v) is 4.23. The highest BCUT2D eigenvalue weighted by atomic mass is 32.1. The molecule has 3 rings (SSSR count). The van der Waals surface area contributed by atoms with E-state index in [0.29, 0.717) is 11.8 Å². The summed E-state index contributed by atoms with van der Waals surface area (Å²) in [6, 6.07) is 0. The number of amides is 1. The number of thiazole rings is 1. The molecule has 0 N–H and O–H groups in total. The largest absolute Gasteiger partial charge is 0.340 e. The van der Waals surface area contributed by atoms with Gasteiger partial charge < -0.3 is 4.90 Å². The van der Waals surface area contributed by atoms with E-state index in [0.717, 1.165) is 44.8 Å². The quantitative estimate of drug-likeness (QED) is 0.858. The lowest BCUT2D eigenvalue weighted by Gasteiger charge is -2.34. The maximum Gasteiger partial charge on any atom is 0.222 e. The highest BCUT2D eigenvalue weighted by molar-refractivity contribution is 7.09. The zero-order valence-electron chi connectivity index (χ0n) is 12.9. The average Bonchev–Trinajstić information content (AvgIpc) is 3.12. The predicted octanol–water partition coefficient (Wildman–Crippen LogP) is 2.68. The van der Waals surface area contributed by atoms with Gasteiger partial charge in [0.15, 0.2) is 0 Å². The summed E-state index contributed by atoms with van der Waals surface area (Å²) in [4.78, 5) is 21.3. The molecule has 0 unspecified atom stereocenters. The zero-order valence-corrected chi connectivity index (χ0v) is 13.7. The number of hydrogen-bond donors (Lipinski definition) is 0. The highest BCUT2D eigenvalue weighted by Crippen LogP contribution is 2.28. The van der Waals surface area contributed by atoms with E-state index in [1.54, 1.807) is 11.3 Å². The maximum atomic E-state index is 12.3. The molecular formula is C16H25N3OS. The first kappa shape index (κ1) is 15.0. The van der Waals surface area contributed by atoms with Crippen LogP contribution in [-0.2, 0) is 11.3 Å². The number of aromatic nitrogens is 1. The van der Waals surface area contributed by atoms with Crippen LogP contribution in [0.5, 0.6) is 0 Å². The molecule has 0 spiro atoms. The molecule has 21 heavy (non-hydrogen) atoms. The smallest absolute Gasteiger partial charge is 0.222 e. The van der Waals surface area contributed by atoms with Gasteiger partial charge in [-0.1, -0.05) is 12.8 Å². The molecule has 1 saturated heterocycles. The van der Waals surface area contributed by atoms with Crippen LogP contribution in [0.3, 0.4) is 0 Å². The Morgan fingerprint density at radius 2 is 2.00 bits per heavy atom. The summed E-state index contributed by atoms with van der Waals surface area (Å²) in [5.41, 5.74) is 1.11. The van der Waals surface area contributed by atoms with Crippen LogP contribution >= 0.6 is 11.3 Å². The van der Waals surface area contributed by atoms with Crippen molar-refractivity contribution in [3.63, 3.8) is 0 Å². The Morgan fingerprint density at radius 1 is 1.29 bits per heavy atom. The lowest BCUT2D eigenvalue weighted by Crippen LogP contribution is -2.48. The Morgan fingerprint density at radius 3 is 2.62 bits per heavy atom. The fraction of sp³-hybridized carbons (Fsp3) is 0.750. The van der Waals surface area contributed by atoms with Crippen LogP contribution in [0.25, 0.3) is 0 Å². The van der Waals surface area contributed by atoms with Crippen molar-refractivity contribution in [2.75, 3.05) is 26.2 Å². The van der Waals surface area contributed by atoms with Gasteiger partial charge in [0.05, 0.1) is 6.54 Å². The molecule has 5 heteroatoms. The topological polar surface area (TPSA) is 36.4 Å². The van der Waals surface area contributed by atoms with Crippen LogP contribution in [0.1, 0.15) is 42.8 Å². The van der Waals surface area contributed by atoms with Crippen LogP contribution in [0.2, 0.25) is 0 Å². The van der Waals surface area contributed by atoms with Crippen LogP contribution < -0.4 is 0 Å². The molecule has 1 aliphatic heterocycles. The Hall–Kier alpha value is -0.940. The molecule has 0 bridgehead atoms. The molecule has 0 radical (unpaired) electrons. The van der Waals surface area contributed by atoms with Gasteiger partial charge in [-0.15, -0.1) is 11.3 Å². The zero-order chi connectivity index (χ0) is 14.7. The molecule has 2 heterocycles. The van der Waals surface area contributed by atoms with Crippen molar-refractivity contribution in [1.29, 1.82) is 0 Å².